The van der Waals surface area contributed by atoms with Crippen molar-refractivity contribution in [3.05, 3.63) is 59.1 Å². The summed E-state index contributed by atoms with van der Waals surface area (Å²) in [6.45, 7) is 1.33. The van der Waals surface area contributed by atoms with E-state index in [0.717, 1.165) is 36.9 Å². The van der Waals surface area contributed by atoms with Crippen molar-refractivity contribution in [2.45, 2.75) is 25.3 Å². The van der Waals surface area contributed by atoms with Crippen molar-refractivity contribution in [3.8, 4) is 11.1 Å². The van der Waals surface area contributed by atoms with E-state index in [1.165, 1.54) is 0 Å². The lowest BCUT2D eigenvalue weighted by atomic mass is 9.99. The normalized spacial score (nSPS) is 18.0. The summed E-state index contributed by atoms with van der Waals surface area (Å²) in [6.07, 6.45) is 3.21. The molecule has 3 nitrogen and oxygen atoms in total. The molecule has 120 valence electrons. The molecule has 1 saturated heterocycles. The van der Waals surface area contributed by atoms with Gasteiger partial charge in [0.15, 0.2) is 0 Å². The van der Waals surface area contributed by atoms with Gasteiger partial charge in [0.25, 0.3) is 5.91 Å². The van der Waals surface area contributed by atoms with Crippen LogP contribution in [0.1, 0.15) is 29.6 Å². The van der Waals surface area contributed by atoms with E-state index in [-0.39, 0.29) is 11.9 Å². The molecule has 4 heteroatoms. The number of amides is 1. The monoisotopic (exact) mass is 328 g/mol. The highest BCUT2D eigenvalue weighted by Crippen LogP contribution is 2.28. The summed E-state index contributed by atoms with van der Waals surface area (Å²) >= 11 is 6.23. The topological polar surface area (TPSA) is 46.3 Å². The van der Waals surface area contributed by atoms with Gasteiger partial charge in [0.2, 0.25) is 0 Å². The van der Waals surface area contributed by atoms with Gasteiger partial charge in [-0.1, -0.05) is 41.9 Å². The van der Waals surface area contributed by atoms with Crippen LogP contribution in [0.15, 0.2) is 48.5 Å². The van der Waals surface area contributed by atoms with Crippen LogP contribution in [0.5, 0.6) is 0 Å². The summed E-state index contributed by atoms with van der Waals surface area (Å²) in [4.78, 5) is 14.7. The van der Waals surface area contributed by atoms with E-state index in [9.17, 15) is 4.79 Å². The van der Waals surface area contributed by atoms with Gasteiger partial charge in [0.05, 0.1) is 0 Å². The molecule has 1 fully saturated rings. The van der Waals surface area contributed by atoms with Crippen LogP contribution in [0.2, 0.25) is 5.02 Å². The Kier molecular flexibility index (Phi) is 4.99. The van der Waals surface area contributed by atoms with E-state index in [1.807, 2.05) is 53.4 Å². The van der Waals surface area contributed by atoms with Crippen LogP contribution in [-0.2, 0) is 0 Å². The molecule has 1 aliphatic rings. The van der Waals surface area contributed by atoms with Crippen LogP contribution in [0, 0.1) is 0 Å². The zero-order chi connectivity index (χ0) is 16.2. The summed E-state index contributed by atoms with van der Waals surface area (Å²) in [5, 5.41) is 0.714. The maximum Gasteiger partial charge on any atom is 0.254 e. The Morgan fingerprint density at radius 1 is 1.13 bits per heavy atom. The number of nitrogens with two attached hydrogens (primary N) is 1. The molecule has 0 aliphatic carbocycles. The second-order valence-corrected chi connectivity index (χ2v) is 6.35. The van der Waals surface area contributed by atoms with Gasteiger partial charge in [-0.15, -0.1) is 0 Å². The number of nitrogens with zero attached hydrogens (tertiary/aromatic N) is 1. The minimum Gasteiger partial charge on any atom is -0.334 e. The fourth-order valence-electron chi connectivity index (χ4n) is 3.17. The van der Waals surface area contributed by atoms with Crippen molar-refractivity contribution < 1.29 is 4.79 Å². The van der Waals surface area contributed by atoms with Gasteiger partial charge in [-0.2, -0.15) is 0 Å². The van der Waals surface area contributed by atoms with E-state index in [2.05, 4.69) is 0 Å². The third kappa shape index (κ3) is 3.41. The molecule has 2 aromatic carbocycles. The summed E-state index contributed by atoms with van der Waals surface area (Å²) in [5.41, 5.74) is 8.52. The van der Waals surface area contributed by atoms with Crippen LogP contribution in [0.3, 0.4) is 0 Å². The molecule has 0 unspecified atom stereocenters. The summed E-state index contributed by atoms with van der Waals surface area (Å²) < 4.78 is 0. The van der Waals surface area contributed by atoms with Gasteiger partial charge in [-0.25, -0.2) is 0 Å². The lowest BCUT2D eigenvalue weighted by Gasteiger charge is -2.35. The smallest absolute Gasteiger partial charge is 0.254 e. The first-order chi connectivity index (χ1) is 11.2. The molecule has 1 aliphatic heterocycles. The van der Waals surface area contributed by atoms with E-state index < -0.39 is 0 Å². The number of likely N-dealkylation sites (tertiary alicyclic amines) is 1. The Morgan fingerprint density at radius 2 is 1.87 bits per heavy atom. The Morgan fingerprint density at radius 3 is 2.57 bits per heavy atom. The molecule has 0 spiro atoms. The van der Waals surface area contributed by atoms with Gasteiger partial charge in [0, 0.05) is 35.3 Å². The maximum atomic E-state index is 12.7. The van der Waals surface area contributed by atoms with Gasteiger partial charge in [0.1, 0.15) is 0 Å². The Balaban J connectivity index is 1.82. The number of benzene rings is 2. The van der Waals surface area contributed by atoms with Crippen LogP contribution < -0.4 is 5.73 Å². The van der Waals surface area contributed by atoms with Crippen molar-refractivity contribution in [3.63, 3.8) is 0 Å². The number of rotatable bonds is 3. The van der Waals surface area contributed by atoms with Crippen molar-refractivity contribution in [1.82, 2.24) is 4.90 Å². The van der Waals surface area contributed by atoms with E-state index in [4.69, 9.17) is 17.3 Å². The fraction of sp³-hybridized carbons (Fsp3) is 0.316. The van der Waals surface area contributed by atoms with Gasteiger partial charge < -0.3 is 10.6 Å². The molecule has 23 heavy (non-hydrogen) atoms. The molecule has 3 rings (SSSR count). The molecule has 0 radical (unpaired) electrons. The van der Waals surface area contributed by atoms with Crippen LogP contribution in [0.4, 0.5) is 0 Å². The van der Waals surface area contributed by atoms with E-state index >= 15 is 0 Å². The first kappa shape index (κ1) is 16.0. The predicted molar refractivity (Wildman–Crippen MR) is 94.6 cm³/mol. The Labute approximate surface area is 142 Å². The summed E-state index contributed by atoms with van der Waals surface area (Å²) in [6, 6.07) is 15.5. The van der Waals surface area contributed by atoms with Gasteiger partial charge >= 0.3 is 0 Å². The number of piperidine rings is 1. The van der Waals surface area contributed by atoms with Crippen LogP contribution >= 0.6 is 11.6 Å². The average Bonchev–Trinajstić information content (AvgIpc) is 2.61. The highest BCUT2D eigenvalue weighted by molar-refractivity contribution is 6.33. The standard InChI is InChI=1S/C19H21ClN2O/c20-18-7-2-1-6-17(18)14-8-10-15(11-9-14)19(23)22-12-4-3-5-16(22)13-21/h1-2,6-11,16H,3-5,12-13,21H2/t16-/m1/s1. The number of carbonyl (C=O) groups is 1. The third-order valence-electron chi connectivity index (χ3n) is 4.48. The van der Waals surface area contributed by atoms with Crippen molar-refractivity contribution in [2.24, 2.45) is 5.73 Å². The van der Waals surface area contributed by atoms with Gasteiger partial charge in [-0.05, 0) is 43.0 Å². The summed E-state index contributed by atoms with van der Waals surface area (Å²) in [5.74, 6) is 0.0749. The van der Waals surface area contributed by atoms with Crippen molar-refractivity contribution >= 4 is 17.5 Å². The molecule has 2 N–H and O–H groups in total. The molecule has 0 aromatic heterocycles. The highest BCUT2D eigenvalue weighted by atomic mass is 35.5. The van der Waals surface area contributed by atoms with Crippen LogP contribution in [-0.4, -0.2) is 29.9 Å². The quantitative estimate of drug-likeness (QED) is 0.927. The molecule has 2 aromatic rings. The minimum absolute atomic E-state index is 0.0749. The highest BCUT2D eigenvalue weighted by Gasteiger charge is 2.26. The summed E-state index contributed by atoms with van der Waals surface area (Å²) in [7, 11) is 0. The minimum atomic E-state index is 0.0749. The lowest BCUT2D eigenvalue weighted by molar-refractivity contribution is 0.0623. The SMILES string of the molecule is NC[C@H]1CCCCN1C(=O)c1ccc(-c2ccccc2Cl)cc1. The lowest BCUT2D eigenvalue weighted by Crippen LogP contribution is -2.47. The Hall–Kier alpha value is -1.84. The first-order valence-electron chi connectivity index (χ1n) is 8.06. The van der Waals surface area contributed by atoms with Crippen molar-refractivity contribution in [1.29, 1.82) is 0 Å². The molecule has 1 heterocycles. The zero-order valence-electron chi connectivity index (χ0n) is 13.0. The fourth-order valence-corrected chi connectivity index (χ4v) is 3.41. The molecule has 1 amide bonds. The zero-order valence-corrected chi connectivity index (χ0v) is 13.8. The number of hydrogen-bond acceptors (Lipinski definition) is 2. The maximum absolute atomic E-state index is 12.7. The van der Waals surface area contributed by atoms with Gasteiger partial charge in [-0.3, -0.25) is 4.79 Å². The van der Waals surface area contributed by atoms with Crippen molar-refractivity contribution in [2.75, 3.05) is 13.1 Å². The molecular formula is C19H21ClN2O. The number of halogens is 1. The third-order valence-corrected chi connectivity index (χ3v) is 4.81. The first-order valence-corrected chi connectivity index (χ1v) is 8.44. The predicted octanol–water partition coefficient (Wildman–Crippen LogP) is 3.96. The second-order valence-electron chi connectivity index (χ2n) is 5.94. The second kappa shape index (κ2) is 7.16. The van der Waals surface area contributed by atoms with E-state index in [1.54, 1.807) is 0 Å². The molecule has 1 atom stereocenters. The average molecular weight is 329 g/mol. The largest absolute Gasteiger partial charge is 0.334 e. The number of carbonyl (C=O) groups excluding carboxylic acids is 1. The molecular weight excluding hydrogens is 308 g/mol. The van der Waals surface area contributed by atoms with E-state index in [0.29, 0.717) is 17.1 Å². The van der Waals surface area contributed by atoms with Crippen LogP contribution in [0.25, 0.3) is 11.1 Å². The Bertz CT molecular complexity index is 684. The molecule has 0 bridgehead atoms. The number of hydrogen-bond donors (Lipinski definition) is 1. The molecule has 0 saturated carbocycles.